The summed E-state index contributed by atoms with van der Waals surface area (Å²) in [5.41, 5.74) is 4.87. The minimum absolute atomic E-state index is 0.525. The van der Waals surface area contributed by atoms with E-state index in [9.17, 15) is 4.39 Å². The summed E-state index contributed by atoms with van der Waals surface area (Å²) >= 11 is 0. The number of rotatable bonds is 0. The van der Waals surface area contributed by atoms with Gasteiger partial charge in [0.2, 0.25) is 0 Å². The van der Waals surface area contributed by atoms with Gasteiger partial charge in [0.15, 0.2) is 0 Å². The Morgan fingerprint density at radius 3 is 2.12 bits per heavy atom. The topological polar surface area (TPSA) is 29.0 Å². The maximum atomic E-state index is 12.0. The van der Waals surface area contributed by atoms with Gasteiger partial charge in [0.25, 0.3) is 0 Å². The van der Waals surface area contributed by atoms with Crippen molar-refractivity contribution in [2.45, 2.75) is 12.8 Å². The molecular weight excluding hydrogens is 107 g/mol. The highest BCUT2D eigenvalue weighted by Gasteiger charge is 2.12. The fourth-order valence-electron chi connectivity index (χ4n) is 0.931. The molecule has 0 unspecified atom stereocenters. The first-order valence-corrected chi connectivity index (χ1v) is 2.83. The van der Waals surface area contributed by atoms with Gasteiger partial charge in [0.1, 0.15) is 0 Å². The molecule has 8 heavy (non-hydrogen) atoms. The molecule has 3 heteroatoms. The van der Waals surface area contributed by atoms with Crippen molar-refractivity contribution < 1.29 is 8.97 Å². The number of amidine groups is 1. The van der Waals surface area contributed by atoms with E-state index >= 15 is 0 Å². The molecule has 0 aromatic heterocycles. The summed E-state index contributed by atoms with van der Waals surface area (Å²) in [6.45, 7) is 1.59. The predicted octanol–water partition coefficient (Wildman–Crippen LogP) is 0.0769. The van der Waals surface area contributed by atoms with Gasteiger partial charge >= 0.3 is 6.09 Å². The normalized spacial score (nSPS) is 19.4. The summed E-state index contributed by atoms with van der Waals surface area (Å²) in [6.07, 6.45) is 1.62. The van der Waals surface area contributed by atoms with Crippen molar-refractivity contribution in [1.82, 2.24) is 0 Å². The number of nitrogens with two attached hydrogens (primary N) is 1. The highest BCUT2D eigenvalue weighted by molar-refractivity contribution is 5.64. The molecule has 1 aliphatic heterocycles. The second kappa shape index (κ2) is 2.11. The molecule has 0 aromatic rings. The largest absolute Gasteiger partial charge is 0.431 e. The lowest BCUT2D eigenvalue weighted by atomic mass is 10.4. The van der Waals surface area contributed by atoms with Crippen molar-refractivity contribution in [2.24, 2.45) is 5.73 Å². The lowest BCUT2D eigenvalue weighted by molar-refractivity contribution is -0.512. The maximum Gasteiger partial charge on any atom is 0.431 e. The molecule has 0 saturated carbocycles. The zero-order valence-electron chi connectivity index (χ0n) is 4.73. The Bertz CT molecular complexity index is 108. The highest BCUT2D eigenvalue weighted by Crippen LogP contribution is 2.00. The Morgan fingerprint density at radius 2 is 1.88 bits per heavy atom. The first kappa shape index (κ1) is 5.54. The van der Waals surface area contributed by atoms with Crippen molar-refractivity contribution >= 4 is 6.09 Å². The van der Waals surface area contributed by atoms with Crippen LogP contribution < -0.4 is 5.73 Å². The second-order valence-corrected chi connectivity index (χ2v) is 2.02. The van der Waals surface area contributed by atoms with Gasteiger partial charge < -0.3 is 0 Å². The molecule has 1 heterocycles. The van der Waals surface area contributed by atoms with E-state index in [0.717, 1.165) is 25.9 Å². The van der Waals surface area contributed by atoms with Crippen molar-refractivity contribution in [3.63, 3.8) is 0 Å². The number of hydrogen-bond donors (Lipinski definition) is 1. The van der Waals surface area contributed by atoms with Crippen LogP contribution in [0.1, 0.15) is 12.8 Å². The molecule has 1 rings (SSSR count). The summed E-state index contributed by atoms with van der Waals surface area (Å²) in [6, 6.07) is 0. The Hall–Kier alpha value is -0.600. The smallest absolute Gasteiger partial charge is 0.261 e. The molecule has 1 aliphatic rings. The van der Waals surface area contributed by atoms with Gasteiger partial charge in [-0.1, -0.05) is 0 Å². The Kier molecular flexibility index (Phi) is 1.46. The van der Waals surface area contributed by atoms with Crippen LogP contribution in [0.15, 0.2) is 0 Å². The van der Waals surface area contributed by atoms with Gasteiger partial charge in [-0.15, -0.1) is 4.39 Å². The van der Waals surface area contributed by atoms with E-state index in [0.29, 0.717) is 0 Å². The zero-order valence-corrected chi connectivity index (χ0v) is 4.73. The third kappa shape index (κ3) is 0.967. The van der Waals surface area contributed by atoms with Crippen molar-refractivity contribution in [3.05, 3.63) is 0 Å². The molecule has 2 nitrogen and oxygen atoms in total. The van der Waals surface area contributed by atoms with Crippen LogP contribution in [0, 0.1) is 0 Å². The molecule has 0 amide bonds. The number of halogens is 1. The van der Waals surface area contributed by atoms with Crippen LogP contribution in [0.3, 0.4) is 0 Å². The van der Waals surface area contributed by atoms with Crippen LogP contribution >= 0.6 is 0 Å². The summed E-state index contributed by atoms with van der Waals surface area (Å²) in [5.74, 6) is 0. The number of nitrogens with zero attached hydrogens (tertiary/aromatic N) is 1. The molecule has 0 spiro atoms. The summed E-state index contributed by atoms with van der Waals surface area (Å²) < 4.78 is 13.6. The van der Waals surface area contributed by atoms with Gasteiger partial charge in [-0.2, -0.15) is 0 Å². The minimum Gasteiger partial charge on any atom is -0.261 e. The van der Waals surface area contributed by atoms with E-state index in [4.69, 9.17) is 5.73 Å². The molecule has 0 aliphatic carbocycles. The van der Waals surface area contributed by atoms with Gasteiger partial charge in [0, 0.05) is 0 Å². The lowest BCUT2D eigenvalue weighted by Gasteiger charge is -1.89. The van der Waals surface area contributed by atoms with Crippen LogP contribution in [-0.4, -0.2) is 23.8 Å². The Balaban J connectivity index is 2.58. The minimum atomic E-state index is -0.525. The quantitative estimate of drug-likeness (QED) is 0.271. The van der Waals surface area contributed by atoms with E-state index in [2.05, 4.69) is 0 Å². The van der Waals surface area contributed by atoms with Crippen LogP contribution in [0.25, 0.3) is 0 Å². The molecule has 0 atom stereocenters. The van der Waals surface area contributed by atoms with Gasteiger partial charge in [-0.25, -0.2) is 4.58 Å². The molecule has 2 N–H and O–H groups in total. The SMILES string of the molecule is NC(F)=[N+]1CCCC1. The third-order valence-electron chi connectivity index (χ3n) is 1.41. The van der Waals surface area contributed by atoms with E-state index in [1.165, 1.54) is 0 Å². The Morgan fingerprint density at radius 1 is 1.38 bits per heavy atom. The van der Waals surface area contributed by atoms with Gasteiger partial charge in [-0.3, -0.25) is 5.73 Å². The molecule has 46 valence electrons. The van der Waals surface area contributed by atoms with E-state index in [1.54, 1.807) is 4.58 Å². The van der Waals surface area contributed by atoms with Crippen LogP contribution in [0.4, 0.5) is 4.39 Å². The Labute approximate surface area is 47.8 Å². The molecular formula is C5H10FN2+. The van der Waals surface area contributed by atoms with Crippen molar-refractivity contribution in [2.75, 3.05) is 13.1 Å². The second-order valence-electron chi connectivity index (χ2n) is 2.02. The summed E-state index contributed by atoms with van der Waals surface area (Å²) in [5, 5.41) is 0. The molecule has 0 radical (unpaired) electrons. The molecule has 1 fully saturated rings. The monoisotopic (exact) mass is 117 g/mol. The first-order chi connectivity index (χ1) is 3.80. The third-order valence-corrected chi connectivity index (χ3v) is 1.41. The fourth-order valence-corrected chi connectivity index (χ4v) is 0.931. The molecule has 0 bridgehead atoms. The van der Waals surface area contributed by atoms with Crippen molar-refractivity contribution in [1.29, 1.82) is 0 Å². The van der Waals surface area contributed by atoms with Crippen LogP contribution in [-0.2, 0) is 0 Å². The predicted molar refractivity (Wildman–Crippen MR) is 29.5 cm³/mol. The zero-order chi connectivity index (χ0) is 5.98. The van der Waals surface area contributed by atoms with Gasteiger partial charge in [-0.05, 0) is 12.8 Å². The van der Waals surface area contributed by atoms with E-state index in [-0.39, 0.29) is 0 Å². The highest BCUT2D eigenvalue weighted by atomic mass is 19.1. The summed E-state index contributed by atoms with van der Waals surface area (Å²) in [4.78, 5) is 0. The van der Waals surface area contributed by atoms with Crippen LogP contribution in [0.2, 0.25) is 0 Å². The maximum absolute atomic E-state index is 12.0. The fraction of sp³-hybridized carbons (Fsp3) is 0.800. The van der Waals surface area contributed by atoms with Crippen LogP contribution in [0.5, 0.6) is 0 Å². The van der Waals surface area contributed by atoms with Crippen molar-refractivity contribution in [3.8, 4) is 0 Å². The molecule has 0 aromatic carbocycles. The first-order valence-electron chi connectivity index (χ1n) is 2.83. The number of hydrogen-bond acceptors (Lipinski definition) is 0. The average molecular weight is 117 g/mol. The van der Waals surface area contributed by atoms with E-state index < -0.39 is 6.09 Å². The van der Waals surface area contributed by atoms with E-state index in [1.807, 2.05) is 0 Å². The molecule has 1 saturated heterocycles. The standard InChI is InChI=1S/C5H9FN2/c6-5(7)8-3-1-2-4-8/h7H,1-4H2/p+1. The lowest BCUT2D eigenvalue weighted by Crippen LogP contribution is -2.21. The average Bonchev–Trinajstić information content (AvgIpc) is 2.12. The van der Waals surface area contributed by atoms with Gasteiger partial charge in [0.05, 0.1) is 13.1 Å². The summed E-state index contributed by atoms with van der Waals surface area (Å²) in [7, 11) is 0.